The van der Waals surface area contributed by atoms with Crippen molar-refractivity contribution in [3.8, 4) is 0 Å². The van der Waals surface area contributed by atoms with E-state index < -0.39 is 5.97 Å². The van der Waals surface area contributed by atoms with Crippen LogP contribution in [-0.4, -0.2) is 40.7 Å². The maximum atomic E-state index is 11.1. The van der Waals surface area contributed by atoms with Crippen molar-refractivity contribution >= 4 is 23.3 Å². The molecule has 1 aromatic carbocycles. The topological polar surface area (TPSA) is 69.6 Å². The number of aromatic nitrogens is 2. The number of carboxylic acids is 1. The number of rotatable bonds is 5. The molecule has 0 unspecified atom stereocenters. The molecule has 3 rings (SSSR count). The van der Waals surface area contributed by atoms with Gasteiger partial charge >= 0.3 is 5.97 Å². The molecule has 1 N–H and O–H groups in total. The van der Waals surface area contributed by atoms with Crippen LogP contribution in [0.2, 0.25) is 0 Å². The lowest BCUT2D eigenvalue weighted by Crippen LogP contribution is -2.37. The van der Waals surface area contributed by atoms with Crippen LogP contribution in [-0.2, 0) is 4.79 Å². The molecule has 1 aliphatic rings. The first-order chi connectivity index (χ1) is 12.1. The Kier molecular flexibility index (Phi) is 5.16. The van der Waals surface area contributed by atoms with Crippen LogP contribution in [0.5, 0.6) is 0 Å². The van der Waals surface area contributed by atoms with Crippen molar-refractivity contribution in [2.45, 2.75) is 26.7 Å². The third-order valence-corrected chi connectivity index (χ3v) is 4.64. The van der Waals surface area contributed by atoms with E-state index in [4.69, 9.17) is 5.11 Å². The predicted octanol–water partition coefficient (Wildman–Crippen LogP) is 3.24. The van der Waals surface area contributed by atoms with E-state index in [1.165, 1.54) is 0 Å². The van der Waals surface area contributed by atoms with Gasteiger partial charge < -0.3 is 14.9 Å². The quantitative estimate of drug-likeness (QED) is 0.901. The van der Waals surface area contributed by atoms with Gasteiger partial charge in [0.25, 0.3) is 0 Å². The largest absolute Gasteiger partial charge is 0.481 e. The van der Waals surface area contributed by atoms with E-state index in [1.54, 1.807) is 0 Å². The van der Waals surface area contributed by atoms with Crippen LogP contribution in [0.3, 0.4) is 0 Å². The molecule has 1 fully saturated rings. The van der Waals surface area contributed by atoms with Crippen molar-refractivity contribution in [3.05, 3.63) is 42.2 Å². The Morgan fingerprint density at radius 2 is 1.92 bits per heavy atom. The Hall–Kier alpha value is -2.63. The minimum atomic E-state index is -0.694. The Balaban J connectivity index is 1.84. The lowest BCUT2D eigenvalue weighted by molar-refractivity contribution is -0.142. The number of hydrogen-bond acceptors (Lipinski definition) is 5. The Morgan fingerprint density at radius 1 is 1.24 bits per heavy atom. The highest BCUT2D eigenvalue weighted by molar-refractivity contribution is 5.70. The van der Waals surface area contributed by atoms with Gasteiger partial charge in [-0.3, -0.25) is 4.79 Å². The van der Waals surface area contributed by atoms with E-state index in [1.807, 2.05) is 31.2 Å². The normalized spacial score (nSPS) is 15.2. The molecule has 25 heavy (non-hydrogen) atoms. The van der Waals surface area contributed by atoms with Crippen molar-refractivity contribution in [1.29, 1.82) is 0 Å². The summed E-state index contributed by atoms with van der Waals surface area (Å²) < 4.78 is 0. The Bertz CT molecular complexity index is 727. The van der Waals surface area contributed by atoms with Crippen LogP contribution in [0, 0.1) is 12.8 Å². The van der Waals surface area contributed by atoms with Gasteiger partial charge in [0.2, 0.25) is 0 Å². The SMILES string of the molecule is CCN(c1ccccc1)c1cc(N2CCC(C(=O)O)CC2)nc(C)n1. The van der Waals surface area contributed by atoms with Gasteiger partial charge in [-0.25, -0.2) is 9.97 Å². The van der Waals surface area contributed by atoms with Crippen molar-refractivity contribution in [1.82, 2.24) is 9.97 Å². The van der Waals surface area contributed by atoms with Crippen LogP contribution in [0.15, 0.2) is 36.4 Å². The number of carboxylic acid groups (broad SMARTS) is 1. The molecule has 0 saturated carbocycles. The molecular weight excluding hydrogens is 316 g/mol. The lowest BCUT2D eigenvalue weighted by Gasteiger charge is -2.32. The monoisotopic (exact) mass is 340 g/mol. The maximum absolute atomic E-state index is 11.1. The van der Waals surface area contributed by atoms with E-state index in [9.17, 15) is 4.79 Å². The zero-order valence-corrected chi connectivity index (χ0v) is 14.7. The number of para-hydroxylation sites is 1. The maximum Gasteiger partial charge on any atom is 0.306 e. The van der Waals surface area contributed by atoms with E-state index in [-0.39, 0.29) is 5.92 Å². The summed E-state index contributed by atoms with van der Waals surface area (Å²) in [6.45, 7) is 6.23. The van der Waals surface area contributed by atoms with Gasteiger partial charge in [0.15, 0.2) is 0 Å². The van der Waals surface area contributed by atoms with E-state index in [2.05, 4.69) is 38.8 Å². The van der Waals surface area contributed by atoms with Crippen molar-refractivity contribution in [2.24, 2.45) is 5.92 Å². The third-order valence-electron chi connectivity index (χ3n) is 4.64. The van der Waals surface area contributed by atoms with Crippen LogP contribution >= 0.6 is 0 Å². The molecule has 0 bridgehead atoms. The molecule has 6 nitrogen and oxygen atoms in total. The minimum Gasteiger partial charge on any atom is -0.481 e. The van der Waals surface area contributed by atoms with Crippen molar-refractivity contribution in [2.75, 3.05) is 29.4 Å². The summed E-state index contributed by atoms with van der Waals surface area (Å²) in [6.07, 6.45) is 1.31. The second-order valence-corrected chi connectivity index (χ2v) is 6.31. The average molecular weight is 340 g/mol. The van der Waals surface area contributed by atoms with Crippen LogP contribution in [0.4, 0.5) is 17.3 Å². The first-order valence-electron chi connectivity index (χ1n) is 8.74. The summed E-state index contributed by atoms with van der Waals surface area (Å²) in [7, 11) is 0. The number of hydrogen-bond donors (Lipinski definition) is 1. The molecule has 132 valence electrons. The molecule has 0 amide bonds. The van der Waals surface area contributed by atoms with Crippen LogP contribution in [0.25, 0.3) is 0 Å². The fourth-order valence-corrected chi connectivity index (χ4v) is 3.28. The summed E-state index contributed by atoms with van der Waals surface area (Å²) in [6, 6.07) is 12.2. The second kappa shape index (κ2) is 7.51. The van der Waals surface area contributed by atoms with Gasteiger partial charge in [0, 0.05) is 31.4 Å². The number of piperidine rings is 1. The number of aryl methyl sites for hydroxylation is 1. The van der Waals surface area contributed by atoms with Gasteiger partial charge in [0.1, 0.15) is 17.5 Å². The second-order valence-electron chi connectivity index (χ2n) is 6.31. The highest BCUT2D eigenvalue weighted by Gasteiger charge is 2.25. The number of carbonyl (C=O) groups is 1. The van der Waals surface area contributed by atoms with Crippen molar-refractivity contribution < 1.29 is 9.90 Å². The first-order valence-corrected chi connectivity index (χ1v) is 8.74. The van der Waals surface area contributed by atoms with E-state index >= 15 is 0 Å². The summed E-state index contributed by atoms with van der Waals surface area (Å²) in [5, 5.41) is 9.16. The van der Waals surface area contributed by atoms with E-state index in [0.29, 0.717) is 25.9 Å². The molecular formula is C19H24N4O2. The molecule has 0 spiro atoms. The average Bonchev–Trinajstić information content (AvgIpc) is 2.63. The third kappa shape index (κ3) is 3.90. The number of anilines is 3. The fraction of sp³-hybridized carbons (Fsp3) is 0.421. The number of benzene rings is 1. The summed E-state index contributed by atoms with van der Waals surface area (Å²) >= 11 is 0. The highest BCUT2D eigenvalue weighted by atomic mass is 16.4. The Labute approximate surface area is 148 Å². The summed E-state index contributed by atoms with van der Waals surface area (Å²) in [5.74, 6) is 1.54. The van der Waals surface area contributed by atoms with Crippen LogP contribution in [0.1, 0.15) is 25.6 Å². The molecule has 6 heteroatoms. The Morgan fingerprint density at radius 3 is 2.52 bits per heavy atom. The standard InChI is InChI=1S/C19H24N4O2/c1-3-23(16-7-5-4-6-8-16)18-13-17(20-14(2)21-18)22-11-9-15(10-12-22)19(24)25/h4-8,13,15H,3,9-12H2,1-2H3,(H,24,25). The van der Waals surface area contributed by atoms with Gasteiger partial charge in [-0.05, 0) is 38.8 Å². The molecule has 0 radical (unpaired) electrons. The van der Waals surface area contributed by atoms with Crippen molar-refractivity contribution in [3.63, 3.8) is 0 Å². The molecule has 0 aliphatic carbocycles. The molecule has 2 heterocycles. The fourth-order valence-electron chi connectivity index (χ4n) is 3.28. The highest BCUT2D eigenvalue weighted by Crippen LogP contribution is 2.28. The number of aliphatic carboxylic acids is 1. The molecule has 1 saturated heterocycles. The number of nitrogens with zero attached hydrogens (tertiary/aromatic N) is 4. The zero-order valence-electron chi connectivity index (χ0n) is 14.7. The summed E-state index contributed by atoms with van der Waals surface area (Å²) in [4.78, 5) is 24.7. The van der Waals surface area contributed by atoms with Gasteiger partial charge in [-0.1, -0.05) is 18.2 Å². The van der Waals surface area contributed by atoms with Gasteiger partial charge in [-0.15, -0.1) is 0 Å². The van der Waals surface area contributed by atoms with Gasteiger partial charge in [-0.2, -0.15) is 0 Å². The molecule has 1 aromatic heterocycles. The summed E-state index contributed by atoms with van der Waals surface area (Å²) in [5.41, 5.74) is 1.10. The lowest BCUT2D eigenvalue weighted by atomic mass is 9.97. The van der Waals surface area contributed by atoms with Gasteiger partial charge in [0.05, 0.1) is 5.92 Å². The molecule has 1 aliphatic heterocycles. The smallest absolute Gasteiger partial charge is 0.306 e. The molecule has 0 atom stereocenters. The molecule has 2 aromatic rings. The van der Waals surface area contributed by atoms with Crippen LogP contribution < -0.4 is 9.80 Å². The first kappa shape index (κ1) is 17.2. The van der Waals surface area contributed by atoms with E-state index in [0.717, 1.165) is 29.7 Å². The zero-order chi connectivity index (χ0) is 17.8. The minimum absolute atomic E-state index is 0.241. The predicted molar refractivity (Wildman–Crippen MR) is 98.5 cm³/mol.